The Morgan fingerprint density at radius 3 is 2.70 bits per heavy atom. The zero-order valence-corrected chi connectivity index (χ0v) is 17.6. The lowest BCUT2D eigenvalue weighted by atomic mass is 9.79. The Balaban J connectivity index is 2.11. The highest BCUT2D eigenvalue weighted by Gasteiger charge is 2.35. The van der Waals surface area contributed by atoms with Gasteiger partial charge in [0.25, 0.3) is 0 Å². The van der Waals surface area contributed by atoms with Crippen molar-refractivity contribution in [2.45, 2.75) is 52.5 Å². The second kappa shape index (κ2) is 7.41. The number of nitriles is 1. The minimum atomic E-state index is 0.156. The van der Waals surface area contributed by atoms with Gasteiger partial charge in [-0.3, -0.25) is 0 Å². The van der Waals surface area contributed by atoms with Gasteiger partial charge in [0, 0.05) is 22.8 Å². The summed E-state index contributed by atoms with van der Waals surface area (Å²) >= 11 is 6.11. The van der Waals surface area contributed by atoms with Crippen molar-refractivity contribution in [3.05, 3.63) is 63.7 Å². The quantitative estimate of drug-likeness (QED) is 0.432. The summed E-state index contributed by atoms with van der Waals surface area (Å²) in [5.74, 6) is 0.488. The van der Waals surface area contributed by atoms with Crippen LogP contribution in [0.1, 0.15) is 62.3 Å². The SMILES string of the molecule is CCN1c2cc(C)c(/C=C(/C#N)c3cccc(Cl)c3)cc2C(C)CC1(C)C. The molecule has 0 spiro atoms. The standard InChI is InChI=1S/C24H27ClN2/c1-6-27-23-10-16(2)19(13-22(23)17(3)14-24(27,4)5)11-20(15-26)18-8-7-9-21(25)12-18/h7-13,17H,6,14H2,1-5H3/b20-11-. The predicted molar refractivity (Wildman–Crippen MR) is 116 cm³/mol. The smallest absolute Gasteiger partial charge is 0.0998 e. The van der Waals surface area contributed by atoms with Crippen LogP contribution in [0.2, 0.25) is 5.02 Å². The molecule has 1 heterocycles. The van der Waals surface area contributed by atoms with Crippen LogP contribution in [0, 0.1) is 18.3 Å². The largest absolute Gasteiger partial charge is 0.366 e. The van der Waals surface area contributed by atoms with Gasteiger partial charge in [0.2, 0.25) is 0 Å². The van der Waals surface area contributed by atoms with E-state index in [9.17, 15) is 5.26 Å². The van der Waals surface area contributed by atoms with Gasteiger partial charge in [-0.2, -0.15) is 5.26 Å². The van der Waals surface area contributed by atoms with Crippen molar-refractivity contribution in [3.63, 3.8) is 0 Å². The molecule has 0 radical (unpaired) electrons. The highest BCUT2D eigenvalue weighted by atomic mass is 35.5. The molecule has 140 valence electrons. The lowest BCUT2D eigenvalue weighted by Gasteiger charge is -2.47. The van der Waals surface area contributed by atoms with Crippen LogP contribution in [0.4, 0.5) is 5.69 Å². The molecule has 1 atom stereocenters. The van der Waals surface area contributed by atoms with E-state index in [1.807, 2.05) is 30.3 Å². The van der Waals surface area contributed by atoms with Crippen LogP contribution in [0.15, 0.2) is 36.4 Å². The summed E-state index contributed by atoms with van der Waals surface area (Å²) < 4.78 is 0. The zero-order chi connectivity index (χ0) is 19.8. The van der Waals surface area contributed by atoms with E-state index in [4.69, 9.17) is 11.6 Å². The fourth-order valence-corrected chi connectivity index (χ4v) is 4.59. The Kier molecular flexibility index (Phi) is 5.36. The zero-order valence-electron chi connectivity index (χ0n) is 16.8. The Morgan fingerprint density at radius 2 is 2.07 bits per heavy atom. The number of hydrogen-bond acceptors (Lipinski definition) is 2. The molecule has 0 saturated heterocycles. The number of anilines is 1. The fraction of sp³-hybridized carbons (Fsp3) is 0.375. The molecule has 3 heteroatoms. The number of rotatable bonds is 3. The first-order valence-electron chi connectivity index (χ1n) is 9.56. The molecule has 0 aliphatic carbocycles. The molecule has 0 N–H and O–H groups in total. The summed E-state index contributed by atoms with van der Waals surface area (Å²) in [4.78, 5) is 2.50. The van der Waals surface area contributed by atoms with Gasteiger partial charge in [-0.1, -0.05) is 30.7 Å². The monoisotopic (exact) mass is 378 g/mol. The van der Waals surface area contributed by atoms with Crippen molar-refractivity contribution in [1.29, 1.82) is 5.26 Å². The van der Waals surface area contributed by atoms with Gasteiger partial charge in [-0.05, 0) is 92.6 Å². The summed E-state index contributed by atoms with van der Waals surface area (Å²) in [5.41, 5.74) is 6.64. The van der Waals surface area contributed by atoms with E-state index in [0.29, 0.717) is 16.5 Å². The normalized spacial score (nSPS) is 18.8. The van der Waals surface area contributed by atoms with Crippen LogP contribution in [-0.4, -0.2) is 12.1 Å². The molecule has 27 heavy (non-hydrogen) atoms. The first kappa shape index (κ1) is 19.5. The van der Waals surface area contributed by atoms with Gasteiger partial charge < -0.3 is 4.90 Å². The number of nitrogens with zero attached hydrogens (tertiary/aromatic N) is 2. The molecular weight excluding hydrogens is 352 g/mol. The van der Waals surface area contributed by atoms with Gasteiger partial charge in [-0.25, -0.2) is 0 Å². The topological polar surface area (TPSA) is 27.0 Å². The summed E-state index contributed by atoms with van der Waals surface area (Å²) in [6, 6.07) is 14.4. The minimum Gasteiger partial charge on any atom is -0.366 e. The Labute approximate surface area is 168 Å². The van der Waals surface area contributed by atoms with Crippen LogP contribution < -0.4 is 4.90 Å². The summed E-state index contributed by atoms with van der Waals surface area (Å²) in [7, 11) is 0. The van der Waals surface area contributed by atoms with Crippen molar-refractivity contribution in [2.75, 3.05) is 11.4 Å². The molecule has 0 aromatic heterocycles. The summed E-state index contributed by atoms with van der Waals surface area (Å²) in [6.07, 6.45) is 3.11. The van der Waals surface area contributed by atoms with Crippen LogP contribution in [0.5, 0.6) is 0 Å². The third-order valence-corrected chi connectivity index (χ3v) is 5.88. The Bertz CT molecular complexity index is 934. The third-order valence-electron chi connectivity index (χ3n) is 5.65. The van der Waals surface area contributed by atoms with E-state index in [1.165, 1.54) is 16.8 Å². The fourth-order valence-electron chi connectivity index (χ4n) is 4.40. The van der Waals surface area contributed by atoms with E-state index in [-0.39, 0.29) is 5.54 Å². The van der Waals surface area contributed by atoms with Gasteiger partial charge >= 0.3 is 0 Å². The highest BCUT2D eigenvalue weighted by Crippen LogP contribution is 2.44. The van der Waals surface area contributed by atoms with Gasteiger partial charge in [-0.15, -0.1) is 0 Å². The maximum atomic E-state index is 9.69. The first-order valence-corrected chi connectivity index (χ1v) is 9.94. The average Bonchev–Trinajstić information content (AvgIpc) is 2.60. The third kappa shape index (κ3) is 3.75. The molecular formula is C24H27ClN2. The summed E-state index contributed by atoms with van der Waals surface area (Å²) in [5, 5.41) is 10.3. The second-order valence-electron chi connectivity index (χ2n) is 8.11. The molecule has 0 saturated carbocycles. The molecule has 2 aromatic rings. The van der Waals surface area contributed by atoms with Crippen LogP contribution in [0.25, 0.3) is 11.6 Å². The van der Waals surface area contributed by atoms with Gasteiger partial charge in [0.05, 0.1) is 11.6 Å². The lowest BCUT2D eigenvalue weighted by molar-refractivity contribution is 0.381. The average molecular weight is 379 g/mol. The van der Waals surface area contributed by atoms with E-state index in [0.717, 1.165) is 24.1 Å². The van der Waals surface area contributed by atoms with E-state index in [1.54, 1.807) is 0 Å². The van der Waals surface area contributed by atoms with Crippen LogP contribution in [0.3, 0.4) is 0 Å². The second-order valence-corrected chi connectivity index (χ2v) is 8.55. The molecule has 2 aromatic carbocycles. The molecule has 1 unspecified atom stereocenters. The van der Waals surface area contributed by atoms with Gasteiger partial charge in [0.15, 0.2) is 0 Å². The number of benzene rings is 2. The van der Waals surface area contributed by atoms with Crippen molar-refractivity contribution in [2.24, 2.45) is 0 Å². The van der Waals surface area contributed by atoms with Crippen LogP contribution >= 0.6 is 11.6 Å². The number of halogens is 1. The van der Waals surface area contributed by atoms with E-state index >= 15 is 0 Å². The number of hydrogen-bond donors (Lipinski definition) is 0. The molecule has 1 aliphatic heterocycles. The number of aryl methyl sites for hydroxylation is 1. The molecule has 1 aliphatic rings. The first-order chi connectivity index (χ1) is 12.8. The maximum Gasteiger partial charge on any atom is 0.0998 e. The van der Waals surface area contributed by atoms with E-state index < -0.39 is 0 Å². The highest BCUT2D eigenvalue weighted by molar-refractivity contribution is 6.30. The van der Waals surface area contributed by atoms with E-state index in [2.05, 4.69) is 57.7 Å². The van der Waals surface area contributed by atoms with Crippen molar-refractivity contribution >= 4 is 28.9 Å². The predicted octanol–water partition coefficient (Wildman–Crippen LogP) is 6.82. The minimum absolute atomic E-state index is 0.156. The Hall–Kier alpha value is -2.24. The van der Waals surface area contributed by atoms with Gasteiger partial charge in [0.1, 0.15) is 0 Å². The lowest BCUT2D eigenvalue weighted by Crippen LogP contribution is -2.48. The number of allylic oxidation sites excluding steroid dienone is 1. The molecule has 2 nitrogen and oxygen atoms in total. The van der Waals surface area contributed by atoms with Crippen molar-refractivity contribution < 1.29 is 0 Å². The molecule has 3 rings (SSSR count). The molecule has 0 bridgehead atoms. The van der Waals surface area contributed by atoms with Crippen molar-refractivity contribution in [3.8, 4) is 6.07 Å². The van der Waals surface area contributed by atoms with Crippen LogP contribution in [-0.2, 0) is 0 Å². The molecule has 0 fully saturated rings. The molecule has 0 amide bonds. The maximum absolute atomic E-state index is 9.69. The number of fused-ring (bicyclic) bond motifs is 1. The van der Waals surface area contributed by atoms with Crippen molar-refractivity contribution in [1.82, 2.24) is 0 Å². The summed E-state index contributed by atoms with van der Waals surface area (Å²) in [6.45, 7) is 12.3. The Morgan fingerprint density at radius 1 is 1.33 bits per heavy atom.